The summed E-state index contributed by atoms with van der Waals surface area (Å²) >= 11 is 1.66. The standard InChI is InChI=1S/C12H13NO2S/c1-3-8-13-12(14)9-15-10-4-6-11(16-2)7-5-10/h1,4-7H,8-9H2,2H3,(H,13,14). The second-order valence-electron chi connectivity index (χ2n) is 2.95. The van der Waals surface area contributed by atoms with Gasteiger partial charge >= 0.3 is 0 Å². The summed E-state index contributed by atoms with van der Waals surface area (Å²) in [6.45, 7) is 0.216. The van der Waals surface area contributed by atoms with Gasteiger partial charge in [-0.1, -0.05) is 5.92 Å². The Labute approximate surface area is 99.6 Å². The van der Waals surface area contributed by atoms with E-state index in [1.165, 1.54) is 0 Å². The van der Waals surface area contributed by atoms with Gasteiger partial charge < -0.3 is 10.1 Å². The molecule has 1 N–H and O–H groups in total. The van der Waals surface area contributed by atoms with Gasteiger partial charge in [0.05, 0.1) is 6.54 Å². The van der Waals surface area contributed by atoms with Gasteiger partial charge in [0.25, 0.3) is 5.91 Å². The Morgan fingerprint density at radius 3 is 2.75 bits per heavy atom. The molecule has 0 aliphatic carbocycles. The third kappa shape index (κ3) is 4.28. The van der Waals surface area contributed by atoms with Gasteiger partial charge in [-0.25, -0.2) is 0 Å². The predicted molar refractivity (Wildman–Crippen MR) is 65.6 cm³/mol. The first-order valence-electron chi connectivity index (χ1n) is 4.73. The Hall–Kier alpha value is -1.60. The zero-order valence-electron chi connectivity index (χ0n) is 9.03. The highest BCUT2D eigenvalue weighted by Crippen LogP contribution is 2.18. The Bertz CT molecular complexity index is 381. The van der Waals surface area contributed by atoms with E-state index in [1.807, 2.05) is 30.5 Å². The molecule has 0 radical (unpaired) electrons. The van der Waals surface area contributed by atoms with Crippen molar-refractivity contribution < 1.29 is 9.53 Å². The molecule has 4 heteroatoms. The minimum absolute atomic E-state index is 0.0136. The van der Waals surface area contributed by atoms with Crippen LogP contribution in [0.25, 0.3) is 0 Å². The molecule has 16 heavy (non-hydrogen) atoms. The van der Waals surface area contributed by atoms with Crippen molar-refractivity contribution in [3.8, 4) is 18.1 Å². The van der Waals surface area contributed by atoms with Crippen LogP contribution in [0.1, 0.15) is 0 Å². The number of nitrogens with one attached hydrogen (secondary N) is 1. The second-order valence-corrected chi connectivity index (χ2v) is 3.82. The molecular formula is C12H13NO2S. The molecule has 0 atom stereocenters. The molecular weight excluding hydrogens is 222 g/mol. The van der Waals surface area contributed by atoms with E-state index < -0.39 is 0 Å². The molecule has 0 aliphatic rings. The van der Waals surface area contributed by atoms with Gasteiger partial charge in [-0.3, -0.25) is 4.79 Å². The fraction of sp³-hybridized carbons (Fsp3) is 0.250. The maximum Gasteiger partial charge on any atom is 0.258 e. The number of rotatable bonds is 5. The van der Waals surface area contributed by atoms with Gasteiger partial charge in [0.2, 0.25) is 0 Å². The van der Waals surface area contributed by atoms with E-state index in [2.05, 4.69) is 11.2 Å². The van der Waals surface area contributed by atoms with E-state index >= 15 is 0 Å². The highest BCUT2D eigenvalue weighted by atomic mass is 32.2. The molecule has 0 spiro atoms. The highest BCUT2D eigenvalue weighted by molar-refractivity contribution is 7.98. The van der Waals surface area contributed by atoms with Gasteiger partial charge in [0.1, 0.15) is 5.75 Å². The summed E-state index contributed by atoms with van der Waals surface area (Å²) in [6, 6.07) is 7.55. The molecule has 0 saturated carbocycles. The second kappa shape index (κ2) is 6.81. The lowest BCUT2D eigenvalue weighted by Crippen LogP contribution is -2.28. The summed E-state index contributed by atoms with van der Waals surface area (Å²) in [5.41, 5.74) is 0. The van der Waals surface area contributed by atoms with Crippen molar-refractivity contribution in [2.75, 3.05) is 19.4 Å². The summed E-state index contributed by atoms with van der Waals surface area (Å²) in [6.07, 6.45) is 7.01. The first-order valence-corrected chi connectivity index (χ1v) is 5.95. The monoisotopic (exact) mass is 235 g/mol. The lowest BCUT2D eigenvalue weighted by molar-refractivity contribution is -0.122. The molecule has 3 nitrogen and oxygen atoms in total. The van der Waals surface area contributed by atoms with Crippen LogP contribution in [0.3, 0.4) is 0 Å². The van der Waals surface area contributed by atoms with Crippen molar-refractivity contribution in [2.45, 2.75) is 4.90 Å². The van der Waals surface area contributed by atoms with Gasteiger partial charge in [-0.2, -0.15) is 0 Å². The smallest absolute Gasteiger partial charge is 0.258 e. The van der Waals surface area contributed by atoms with E-state index in [0.29, 0.717) is 5.75 Å². The molecule has 1 aromatic carbocycles. The number of terminal acetylenes is 1. The summed E-state index contributed by atoms with van der Waals surface area (Å²) in [4.78, 5) is 12.3. The zero-order chi connectivity index (χ0) is 11.8. The molecule has 0 fully saturated rings. The van der Waals surface area contributed by atoms with Crippen LogP contribution in [0, 0.1) is 12.3 Å². The average molecular weight is 235 g/mol. The molecule has 1 amide bonds. The molecule has 0 heterocycles. The SMILES string of the molecule is C#CCNC(=O)COc1ccc(SC)cc1. The predicted octanol–water partition coefficient (Wildman–Crippen LogP) is 1.54. The topological polar surface area (TPSA) is 38.3 Å². The van der Waals surface area contributed by atoms with Gasteiger partial charge in [-0.15, -0.1) is 18.2 Å². The van der Waals surface area contributed by atoms with Crippen molar-refractivity contribution in [1.82, 2.24) is 5.32 Å². The third-order valence-electron chi connectivity index (χ3n) is 1.82. The van der Waals surface area contributed by atoms with Crippen LogP contribution in [-0.4, -0.2) is 25.3 Å². The van der Waals surface area contributed by atoms with Crippen molar-refractivity contribution in [3.05, 3.63) is 24.3 Å². The van der Waals surface area contributed by atoms with Crippen molar-refractivity contribution >= 4 is 17.7 Å². The molecule has 0 aliphatic heterocycles. The summed E-state index contributed by atoms with van der Waals surface area (Å²) in [7, 11) is 0. The van der Waals surface area contributed by atoms with E-state index in [-0.39, 0.29) is 19.1 Å². The minimum atomic E-state index is -0.216. The molecule has 84 valence electrons. The number of hydrogen-bond acceptors (Lipinski definition) is 3. The Balaban J connectivity index is 2.37. The van der Waals surface area contributed by atoms with Crippen LogP contribution >= 0.6 is 11.8 Å². The molecule has 1 rings (SSSR count). The minimum Gasteiger partial charge on any atom is -0.484 e. The van der Waals surface area contributed by atoms with Crippen LogP contribution < -0.4 is 10.1 Å². The van der Waals surface area contributed by atoms with Gasteiger partial charge in [-0.05, 0) is 30.5 Å². The quantitative estimate of drug-likeness (QED) is 0.621. The zero-order valence-corrected chi connectivity index (χ0v) is 9.84. The number of ether oxygens (including phenoxy) is 1. The number of hydrogen-bond donors (Lipinski definition) is 1. The number of amides is 1. The average Bonchev–Trinajstić information content (AvgIpc) is 2.34. The lowest BCUT2D eigenvalue weighted by atomic mass is 10.3. The van der Waals surface area contributed by atoms with Crippen LogP contribution in [-0.2, 0) is 4.79 Å². The highest BCUT2D eigenvalue weighted by Gasteiger charge is 2.00. The van der Waals surface area contributed by atoms with Crippen LogP contribution in [0.15, 0.2) is 29.2 Å². The molecule has 0 saturated heterocycles. The number of carbonyl (C=O) groups excluding carboxylic acids is 1. The van der Waals surface area contributed by atoms with E-state index in [9.17, 15) is 4.79 Å². The fourth-order valence-electron chi connectivity index (χ4n) is 1.02. The summed E-state index contributed by atoms with van der Waals surface area (Å²) in [5, 5.41) is 2.52. The maximum atomic E-state index is 11.2. The first-order chi connectivity index (χ1) is 7.76. The van der Waals surface area contributed by atoms with Crippen LogP contribution in [0.5, 0.6) is 5.75 Å². The lowest BCUT2D eigenvalue weighted by Gasteiger charge is -2.06. The Morgan fingerprint density at radius 1 is 1.50 bits per heavy atom. The van der Waals surface area contributed by atoms with Gasteiger partial charge in [0, 0.05) is 4.90 Å². The van der Waals surface area contributed by atoms with Crippen molar-refractivity contribution in [2.24, 2.45) is 0 Å². The Kier molecular flexibility index (Phi) is 5.30. The van der Waals surface area contributed by atoms with E-state index in [1.54, 1.807) is 11.8 Å². The Morgan fingerprint density at radius 2 is 2.19 bits per heavy atom. The molecule has 0 bridgehead atoms. The third-order valence-corrected chi connectivity index (χ3v) is 2.56. The van der Waals surface area contributed by atoms with Crippen molar-refractivity contribution in [1.29, 1.82) is 0 Å². The van der Waals surface area contributed by atoms with Crippen molar-refractivity contribution in [3.63, 3.8) is 0 Å². The number of carbonyl (C=O) groups is 1. The van der Waals surface area contributed by atoms with Crippen LogP contribution in [0.2, 0.25) is 0 Å². The molecule has 1 aromatic rings. The van der Waals surface area contributed by atoms with Crippen LogP contribution in [0.4, 0.5) is 0 Å². The number of thioether (sulfide) groups is 1. The molecule has 0 aromatic heterocycles. The number of benzene rings is 1. The van der Waals surface area contributed by atoms with E-state index in [4.69, 9.17) is 11.2 Å². The largest absolute Gasteiger partial charge is 0.484 e. The van der Waals surface area contributed by atoms with Gasteiger partial charge in [0.15, 0.2) is 6.61 Å². The maximum absolute atomic E-state index is 11.2. The van der Waals surface area contributed by atoms with E-state index in [0.717, 1.165) is 4.90 Å². The first kappa shape index (κ1) is 12.5. The summed E-state index contributed by atoms with van der Waals surface area (Å²) in [5.74, 6) is 2.78. The summed E-state index contributed by atoms with van der Waals surface area (Å²) < 4.78 is 5.27. The normalized spacial score (nSPS) is 9.25. The molecule has 0 unspecified atom stereocenters. The fourth-order valence-corrected chi connectivity index (χ4v) is 1.43.